The van der Waals surface area contributed by atoms with E-state index in [1.165, 1.54) is 25.6 Å². The molecule has 0 aromatic carbocycles. The van der Waals surface area contributed by atoms with Crippen LogP contribution in [0.25, 0.3) is 0 Å². The molecule has 0 atom stereocenters. The monoisotopic (exact) mass is 255 g/mol. The van der Waals surface area contributed by atoms with Crippen molar-refractivity contribution in [1.29, 1.82) is 0 Å². The highest BCUT2D eigenvalue weighted by molar-refractivity contribution is 6.31. The van der Waals surface area contributed by atoms with Crippen molar-refractivity contribution in [2.45, 2.75) is 44.6 Å². The molecule has 2 rings (SSSR count). The number of hydrogen-bond donors (Lipinski definition) is 1. The van der Waals surface area contributed by atoms with Crippen LogP contribution >= 0.6 is 11.6 Å². The first-order valence-electron chi connectivity index (χ1n) is 5.97. The highest BCUT2D eigenvalue weighted by Crippen LogP contribution is 2.35. The van der Waals surface area contributed by atoms with E-state index in [1.807, 2.05) is 0 Å². The second-order valence-electron chi connectivity index (χ2n) is 4.79. The number of rotatable bonds is 3. The molecule has 0 spiro atoms. The number of nitrogens with zero attached hydrogens (tertiary/aromatic N) is 2. The van der Waals surface area contributed by atoms with Crippen LogP contribution in [-0.4, -0.2) is 22.6 Å². The van der Waals surface area contributed by atoms with E-state index >= 15 is 0 Å². The summed E-state index contributed by atoms with van der Waals surface area (Å²) in [6.45, 7) is 2.22. The molecule has 0 saturated heterocycles. The van der Waals surface area contributed by atoms with Crippen LogP contribution in [0.1, 0.15) is 39.0 Å². The number of nitrogens with one attached hydrogen (secondary N) is 1. The highest BCUT2D eigenvalue weighted by atomic mass is 35.5. The normalized spacial score (nSPS) is 18.8. The maximum Gasteiger partial charge on any atom is 0.198 e. The van der Waals surface area contributed by atoms with Gasteiger partial charge < -0.3 is 10.1 Å². The fraction of sp³-hybridized carbons (Fsp3) is 0.667. The number of aromatic nitrogens is 2. The van der Waals surface area contributed by atoms with Gasteiger partial charge in [-0.25, -0.2) is 9.97 Å². The fourth-order valence-electron chi connectivity index (χ4n) is 2.37. The molecule has 1 heterocycles. The predicted octanol–water partition coefficient (Wildman–Crippen LogP) is 3.27. The summed E-state index contributed by atoms with van der Waals surface area (Å²) in [5, 5.41) is 3.81. The van der Waals surface area contributed by atoms with Gasteiger partial charge in [0.15, 0.2) is 16.7 Å². The van der Waals surface area contributed by atoms with Gasteiger partial charge in [0.1, 0.15) is 6.33 Å². The molecule has 0 bridgehead atoms. The molecule has 1 saturated carbocycles. The number of anilines is 1. The third kappa shape index (κ3) is 2.80. The maximum atomic E-state index is 5.98. The third-order valence-electron chi connectivity index (χ3n) is 3.34. The molecule has 1 fully saturated rings. The van der Waals surface area contributed by atoms with Crippen LogP contribution in [0.5, 0.6) is 5.75 Å². The Balaban J connectivity index is 2.20. The molecule has 1 N–H and O–H groups in total. The van der Waals surface area contributed by atoms with Gasteiger partial charge in [0, 0.05) is 5.54 Å². The summed E-state index contributed by atoms with van der Waals surface area (Å²) in [7, 11) is 1.58. The standard InChI is InChI=1S/C12H18ClN3O/c1-12(6-4-3-5-7-12)16-11-9(17-2)10(13)14-8-15-11/h8H,3-7H2,1-2H3,(H,14,15,16). The molecule has 1 aliphatic carbocycles. The van der Waals surface area contributed by atoms with Crippen molar-refractivity contribution in [1.82, 2.24) is 9.97 Å². The van der Waals surface area contributed by atoms with Gasteiger partial charge in [0.25, 0.3) is 0 Å². The Morgan fingerprint density at radius 1 is 1.29 bits per heavy atom. The van der Waals surface area contributed by atoms with Crippen molar-refractivity contribution in [3.8, 4) is 5.75 Å². The van der Waals surface area contributed by atoms with Crippen molar-refractivity contribution in [2.75, 3.05) is 12.4 Å². The van der Waals surface area contributed by atoms with E-state index in [-0.39, 0.29) is 5.54 Å². The highest BCUT2D eigenvalue weighted by Gasteiger charge is 2.28. The molecule has 17 heavy (non-hydrogen) atoms. The Hall–Kier alpha value is -1.03. The summed E-state index contributed by atoms with van der Waals surface area (Å²) in [6.07, 6.45) is 7.59. The van der Waals surface area contributed by atoms with Crippen molar-refractivity contribution in [3.63, 3.8) is 0 Å². The topological polar surface area (TPSA) is 47.0 Å². The van der Waals surface area contributed by atoms with Crippen LogP contribution in [-0.2, 0) is 0 Å². The van der Waals surface area contributed by atoms with Crippen LogP contribution < -0.4 is 10.1 Å². The SMILES string of the molecule is COc1c(Cl)ncnc1NC1(C)CCCCC1. The van der Waals surface area contributed by atoms with Crippen LogP contribution in [0.2, 0.25) is 5.15 Å². The Labute approximate surface area is 107 Å². The number of halogens is 1. The van der Waals surface area contributed by atoms with Crippen molar-refractivity contribution in [3.05, 3.63) is 11.5 Å². The largest absolute Gasteiger partial charge is 0.490 e. The minimum Gasteiger partial charge on any atom is -0.490 e. The zero-order valence-electron chi connectivity index (χ0n) is 10.3. The van der Waals surface area contributed by atoms with Gasteiger partial charge in [0.2, 0.25) is 0 Å². The van der Waals surface area contributed by atoms with E-state index in [1.54, 1.807) is 7.11 Å². The molecule has 0 aliphatic heterocycles. The lowest BCUT2D eigenvalue weighted by Crippen LogP contribution is -2.37. The van der Waals surface area contributed by atoms with E-state index in [0.29, 0.717) is 16.7 Å². The Bertz CT molecular complexity index is 391. The van der Waals surface area contributed by atoms with Gasteiger partial charge in [-0.05, 0) is 19.8 Å². The van der Waals surface area contributed by atoms with Crippen LogP contribution in [0.3, 0.4) is 0 Å². The Morgan fingerprint density at radius 2 is 2.00 bits per heavy atom. The summed E-state index contributed by atoms with van der Waals surface area (Å²) >= 11 is 5.98. The Kier molecular flexibility index (Phi) is 3.72. The molecule has 4 nitrogen and oxygen atoms in total. The second kappa shape index (κ2) is 5.08. The van der Waals surface area contributed by atoms with Crippen molar-refractivity contribution < 1.29 is 4.74 Å². The number of hydrogen-bond acceptors (Lipinski definition) is 4. The molecule has 0 unspecified atom stereocenters. The minimum absolute atomic E-state index is 0.0865. The molecular weight excluding hydrogens is 238 g/mol. The summed E-state index contributed by atoms with van der Waals surface area (Å²) in [5.41, 5.74) is 0.0865. The van der Waals surface area contributed by atoms with Gasteiger partial charge in [-0.1, -0.05) is 30.9 Å². The van der Waals surface area contributed by atoms with Crippen LogP contribution in [0.15, 0.2) is 6.33 Å². The molecule has 1 aromatic rings. The van der Waals surface area contributed by atoms with E-state index in [4.69, 9.17) is 16.3 Å². The quantitative estimate of drug-likeness (QED) is 0.842. The van der Waals surface area contributed by atoms with E-state index in [9.17, 15) is 0 Å². The minimum atomic E-state index is 0.0865. The lowest BCUT2D eigenvalue weighted by atomic mass is 9.83. The first kappa shape index (κ1) is 12.4. The average molecular weight is 256 g/mol. The fourth-order valence-corrected chi connectivity index (χ4v) is 2.58. The molecule has 5 heteroatoms. The first-order valence-corrected chi connectivity index (χ1v) is 6.35. The molecule has 1 aromatic heterocycles. The van der Waals surface area contributed by atoms with Gasteiger partial charge in [-0.15, -0.1) is 0 Å². The maximum absolute atomic E-state index is 5.98. The third-order valence-corrected chi connectivity index (χ3v) is 3.61. The second-order valence-corrected chi connectivity index (χ2v) is 5.15. The van der Waals surface area contributed by atoms with E-state index < -0.39 is 0 Å². The van der Waals surface area contributed by atoms with Crippen LogP contribution in [0, 0.1) is 0 Å². The lowest BCUT2D eigenvalue weighted by Gasteiger charge is -2.35. The van der Waals surface area contributed by atoms with Gasteiger partial charge in [-0.2, -0.15) is 0 Å². The smallest absolute Gasteiger partial charge is 0.198 e. The zero-order chi connectivity index (χ0) is 12.3. The molecule has 94 valence electrons. The zero-order valence-corrected chi connectivity index (χ0v) is 11.0. The summed E-state index contributed by atoms with van der Waals surface area (Å²) in [5.74, 6) is 1.22. The first-order chi connectivity index (χ1) is 8.14. The van der Waals surface area contributed by atoms with Gasteiger partial charge >= 0.3 is 0 Å². The van der Waals surface area contributed by atoms with Gasteiger partial charge in [0.05, 0.1) is 7.11 Å². The molecule has 0 radical (unpaired) electrons. The number of ether oxygens (including phenoxy) is 1. The predicted molar refractivity (Wildman–Crippen MR) is 68.7 cm³/mol. The summed E-state index contributed by atoms with van der Waals surface area (Å²) in [4.78, 5) is 8.13. The van der Waals surface area contributed by atoms with Crippen molar-refractivity contribution in [2.24, 2.45) is 0 Å². The molecular formula is C12H18ClN3O. The molecule has 0 amide bonds. The summed E-state index contributed by atoms with van der Waals surface area (Å²) < 4.78 is 5.24. The molecule has 1 aliphatic rings. The lowest BCUT2D eigenvalue weighted by molar-refractivity contribution is 0.345. The average Bonchev–Trinajstić information content (AvgIpc) is 2.30. The van der Waals surface area contributed by atoms with Gasteiger partial charge in [-0.3, -0.25) is 0 Å². The van der Waals surface area contributed by atoms with Crippen LogP contribution in [0.4, 0.5) is 5.82 Å². The Morgan fingerprint density at radius 3 is 2.65 bits per heavy atom. The van der Waals surface area contributed by atoms with E-state index in [2.05, 4.69) is 22.2 Å². The summed E-state index contributed by atoms with van der Waals surface area (Å²) in [6, 6.07) is 0. The van der Waals surface area contributed by atoms with Crippen molar-refractivity contribution >= 4 is 17.4 Å². The number of methoxy groups -OCH3 is 1. The van der Waals surface area contributed by atoms with E-state index in [0.717, 1.165) is 12.8 Å².